The van der Waals surface area contributed by atoms with Gasteiger partial charge >= 0.3 is 0 Å². The van der Waals surface area contributed by atoms with Crippen molar-refractivity contribution in [3.05, 3.63) is 34.6 Å². The number of aryl methyl sites for hydroxylation is 2. The van der Waals surface area contributed by atoms with Crippen LogP contribution in [-0.2, 0) is 0 Å². The molecule has 1 saturated carbocycles. The predicted molar refractivity (Wildman–Crippen MR) is 87.0 cm³/mol. The fourth-order valence-electron chi connectivity index (χ4n) is 3.15. The number of hydrogen-bond acceptors (Lipinski definition) is 2. The molecule has 0 radical (unpaired) electrons. The second-order valence-corrected chi connectivity index (χ2v) is 7.16. The summed E-state index contributed by atoms with van der Waals surface area (Å²) in [6.07, 6.45) is 5.39. The Morgan fingerprint density at radius 3 is 2.60 bits per heavy atom. The summed E-state index contributed by atoms with van der Waals surface area (Å²) >= 11 is 2.02. The molecule has 1 atom stereocenters. The summed E-state index contributed by atoms with van der Waals surface area (Å²) in [6.45, 7) is 6.95. The Hall–Kier alpha value is -0.540. The molecule has 20 heavy (non-hydrogen) atoms. The van der Waals surface area contributed by atoms with Gasteiger partial charge in [0.25, 0.3) is 0 Å². The summed E-state index contributed by atoms with van der Waals surface area (Å²) in [5.74, 6) is 0.916. The van der Waals surface area contributed by atoms with Crippen LogP contribution in [0.15, 0.2) is 12.1 Å². The number of thioether (sulfide) groups is 1. The highest BCUT2D eigenvalue weighted by molar-refractivity contribution is 7.99. The largest absolute Gasteiger partial charge is 0.309 e. The van der Waals surface area contributed by atoms with Crippen molar-refractivity contribution in [1.29, 1.82) is 0 Å². The second kappa shape index (κ2) is 7.46. The van der Waals surface area contributed by atoms with E-state index >= 15 is 0 Å². The van der Waals surface area contributed by atoms with Crippen LogP contribution in [0, 0.1) is 19.7 Å². The lowest BCUT2D eigenvalue weighted by Gasteiger charge is -2.22. The molecule has 0 aromatic heterocycles. The van der Waals surface area contributed by atoms with Crippen LogP contribution in [-0.4, -0.2) is 17.5 Å². The van der Waals surface area contributed by atoms with Crippen molar-refractivity contribution in [1.82, 2.24) is 5.32 Å². The third kappa shape index (κ3) is 3.98. The van der Waals surface area contributed by atoms with Crippen LogP contribution in [0.5, 0.6) is 0 Å². The van der Waals surface area contributed by atoms with Gasteiger partial charge in [-0.25, -0.2) is 4.39 Å². The highest BCUT2D eigenvalue weighted by Crippen LogP contribution is 2.33. The number of benzene rings is 1. The highest BCUT2D eigenvalue weighted by Gasteiger charge is 2.21. The summed E-state index contributed by atoms with van der Waals surface area (Å²) in [4.78, 5) is 0. The molecule has 0 spiro atoms. The molecule has 0 saturated heterocycles. The van der Waals surface area contributed by atoms with Crippen LogP contribution in [0.2, 0.25) is 0 Å². The summed E-state index contributed by atoms with van der Waals surface area (Å²) < 4.78 is 14.3. The molecule has 0 aliphatic heterocycles. The number of nitrogens with one attached hydrogen (secondary N) is 1. The van der Waals surface area contributed by atoms with Crippen molar-refractivity contribution >= 4 is 11.8 Å². The van der Waals surface area contributed by atoms with E-state index in [0.29, 0.717) is 0 Å². The molecule has 3 heteroatoms. The molecule has 1 unspecified atom stereocenters. The Labute approximate surface area is 126 Å². The van der Waals surface area contributed by atoms with E-state index in [-0.39, 0.29) is 11.9 Å². The van der Waals surface area contributed by atoms with E-state index in [1.54, 1.807) is 6.07 Å². The lowest BCUT2D eigenvalue weighted by Crippen LogP contribution is -2.25. The van der Waals surface area contributed by atoms with E-state index < -0.39 is 0 Å². The van der Waals surface area contributed by atoms with Gasteiger partial charge in [-0.3, -0.25) is 0 Å². The van der Waals surface area contributed by atoms with Crippen molar-refractivity contribution in [2.45, 2.75) is 57.7 Å². The molecule has 1 fully saturated rings. The van der Waals surface area contributed by atoms with E-state index in [2.05, 4.69) is 18.3 Å². The smallest absolute Gasteiger partial charge is 0.128 e. The van der Waals surface area contributed by atoms with E-state index in [1.165, 1.54) is 25.7 Å². The molecule has 0 amide bonds. The predicted octanol–water partition coefficient (Wildman–Crippen LogP) is 4.77. The SMILES string of the molecule is CCNC(CSC1CCCC1)c1c(C)cc(C)cc1F. The first-order valence-corrected chi connectivity index (χ1v) is 8.78. The number of halogens is 1. The normalized spacial score (nSPS) is 17.6. The fraction of sp³-hybridized carbons (Fsp3) is 0.647. The number of hydrogen-bond donors (Lipinski definition) is 1. The Morgan fingerprint density at radius 1 is 1.30 bits per heavy atom. The molecule has 1 aromatic carbocycles. The topological polar surface area (TPSA) is 12.0 Å². The third-order valence-corrected chi connectivity index (χ3v) is 5.55. The summed E-state index contributed by atoms with van der Waals surface area (Å²) in [6, 6.07) is 3.88. The van der Waals surface area contributed by atoms with Gasteiger partial charge in [-0.15, -0.1) is 0 Å². The standard InChI is InChI=1S/C17H26FNS/c1-4-19-16(11-20-14-7-5-6-8-14)17-13(3)9-12(2)10-15(17)18/h9-10,14,16,19H,4-8,11H2,1-3H3. The molecule has 1 aliphatic carbocycles. The van der Waals surface area contributed by atoms with Crippen molar-refractivity contribution in [3.63, 3.8) is 0 Å². The van der Waals surface area contributed by atoms with Gasteiger partial charge in [0.15, 0.2) is 0 Å². The van der Waals surface area contributed by atoms with Gasteiger partial charge in [0.1, 0.15) is 5.82 Å². The van der Waals surface area contributed by atoms with Crippen molar-refractivity contribution in [2.24, 2.45) is 0 Å². The molecule has 2 rings (SSSR count). The maximum atomic E-state index is 14.3. The third-order valence-electron chi connectivity index (χ3n) is 4.08. The van der Waals surface area contributed by atoms with Crippen LogP contribution >= 0.6 is 11.8 Å². The first-order chi connectivity index (χ1) is 9.61. The average Bonchev–Trinajstić information content (AvgIpc) is 2.87. The van der Waals surface area contributed by atoms with E-state index in [1.807, 2.05) is 25.6 Å². The van der Waals surface area contributed by atoms with Crippen molar-refractivity contribution < 1.29 is 4.39 Å². The zero-order chi connectivity index (χ0) is 14.5. The van der Waals surface area contributed by atoms with Crippen molar-refractivity contribution in [2.75, 3.05) is 12.3 Å². The summed E-state index contributed by atoms with van der Waals surface area (Å²) in [5.41, 5.74) is 2.94. The van der Waals surface area contributed by atoms with Crippen LogP contribution < -0.4 is 5.32 Å². The Kier molecular flexibility index (Phi) is 5.91. The minimum absolute atomic E-state index is 0.0551. The lowest BCUT2D eigenvalue weighted by atomic mass is 9.99. The minimum atomic E-state index is -0.0551. The molecular formula is C17H26FNS. The van der Waals surface area contributed by atoms with Crippen LogP contribution in [0.25, 0.3) is 0 Å². The molecule has 0 bridgehead atoms. The Bertz CT molecular complexity index is 418. The Morgan fingerprint density at radius 2 is 2.00 bits per heavy atom. The summed E-state index contributed by atoms with van der Waals surface area (Å²) in [7, 11) is 0. The molecule has 1 nitrogen and oxygen atoms in total. The van der Waals surface area contributed by atoms with Crippen LogP contribution in [0.1, 0.15) is 55.3 Å². The maximum absolute atomic E-state index is 14.3. The zero-order valence-corrected chi connectivity index (χ0v) is 13.7. The van der Waals surface area contributed by atoms with E-state index in [4.69, 9.17) is 0 Å². The Balaban J connectivity index is 2.10. The molecule has 1 aromatic rings. The average molecular weight is 295 g/mol. The molecule has 1 N–H and O–H groups in total. The monoisotopic (exact) mass is 295 g/mol. The molecule has 112 valence electrons. The first kappa shape index (κ1) is 15.8. The van der Waals surface area contributed by atoms with Crippen molar-refractivity contribution in [3.8, 4) is 0 Å². The fourth-order valence-corrected chi connectivity index (χ4v) is 4.56. The van der Waals surface area contributed by atoms with E-state index in [0.717, 1.165) is 34.2 Å². The van der Waals surface area contributed by atoms with Gasteiger partial charge in [0, 0.05) is 22.6 Å². The van der Waals surface area contributed by atoms with Gasteiger partial charge in [-0.2, -0.15) is 11.8 Å². The molecule has 1 aliphatic rings. The van der Waals surface area contributed by atoms with Crippen LogP contribution in [0.3, 0.4) is 0 Å². The van der Waals surface area contributed by atoms with Crippen LogP contribution in [0.4, 0.5) is 4.39 Å². The highest BCUT2D eigenvalue weighted by atomic mass is 32.2. The number of rotatable bonds is 6. The van der Waals surface area contributed by atoms with E-state index in [9.17, 15) is 4.39 Å². The van der Waals surface area contributed by atoms with Gasteiger partial charge in [0.2, 0.25) is 0 Å². The van der Waals surface area contributed by atoms with Gasteiger partial charge in [-0.05, 0) is 50.4 Å². The molecule has 0 heterocycles. The molecular weight excluding hydrogens is 269 g/mol. The summed E-state index contributed by atoms with van der Waals surface area (Å²) in [5, 5.41) is 4.25. The zero-order valence-electron chi connectivity index (χ0n) is 12.8. The second-order valence-electron chi connectivity index (χ2n) is 5.83. The minimum Gasteiger partial charge on any atom is -0.309 e. The maximum Gasteiger partial charge on any atom is 0.128 e. The quantitative estimate of drug-likeness (QED) is 0.811. The lowest BCUT2D eigenvalue weighted by molar-refractivity contribution is 0.541. The van der Waals surface area contributed by atoms with Gasteiger partial charge in [0.05, 0.1) is 0 Å². The first-order valence-electron chi connectivity index (χ1n) is 7.73. The van der Waals surface area contributed by atoms with Gasteiger partial charge < -0.3 is 5.32 Å². The van der Waals surface area contributed by atoms with Gasteiger partial charge in [-0.1, -0.05) is 25.8 Å².